The van der Waals surface area contributed by atoms with Gasteiger partial charge in [-0.05, 0) is 18.6 Å². The van der Waals surface area contributed by atoms with Crippen LogP contribution in [0.3, 0.4) is 0 Å². The number of hydrogen-bond acceptors (Lipinski definition) is 2. The van der Waals surface area contributed by atoms with Crippen LogP contribution in [0.5, 0.6) is 0 Å². The van der Waals surface area contributed by atoms with Gasteiger partial charge in [0.1, 0.15) is 5.82 Å². The minimum Gasteiger partial charge on any atom is -0.391 e. The number of hydrogen-bond donors (Lipinski definition) is 2. The summed E-state index contributed by atoms with van der Waals surface area (Å²) in [5.74, 6) is -0.382. The van der Waals surface area contributed by atoms with Crippen molar-refractivity contribution in [3.8, 4) is 0 Å². The Morgan fingerprint density at radius 2 is 2.20 bits per heavy atom. The molecule has 0 fully saturated rings. The van der Waals surface area contributed by atoms with E-state index in [0.717, 1.165) is 6.42 Å². The summed E-state index contributed by atoms with van der Waals surface area (Å²) in [5.41, 5.74) is 6.15. The van der Waals surface area contributed by atoms with Crippen LogP contribution in [-0.4, -0.2) is 11.2 Å². The van der Waals surface area contributed by atoms with E-state index in [1.165, 1.54) is 6.07 Å². The minimum absolute atomic E-state index is 0.346. The monoisotopic (exact) mass is 275 g/mol. The molecule has 3 N–H and O–H groups in total. The predicted octanol–water partition coefficient (Wildman–Crippen LogP) is 2.75. The molecule has 1 aromatic rings. The van der Waals surface area contributed by atoms with E-state index in [1.54, 1.807) is 12.1 Å². The summed E-state index contributed by atoms with van der Waals surface area (Å²) in [6.45, 7) is 1.95. The van der Waals surface area contributed by atoms with E-state index in [0.29, 0.717) is 16.5 Å². The molecule has 0 saturated carbocycles. The topological polar surface area (TPSA) is 46.2 Å². The highest BCUT2D eigenvalue weighted by Crippen LogP contribution is 2.27. The van der Waals surface area contributed by atoms with Crippen LogP contribution in [0.25, 0.3) is 0 Å². The van der Waals surface area contributed by atoms with Crippen LogP contribution in [0.4, 0.5) is 4.39 Å². The first-order valence-electron chi connectivity index (χ1n) is 4.95. The third-order valence-corrected chi connectivity index (χ3v) is 3.02. The molecule has 0 aliphatic carbocycles. The van der Waals surface area contributed by atoms with Gasteiger partial charge in [-0.3, -0.25) is 0 Å². The zero-order chi connectivity index (χ0) is 11.4. The fraction of sp³-hybridized carbons (Fsp3) is 0.455. The first kappa shape index (κ1) is 12.6. The lowest BCUT2D eigenvalue weighted by atomic mass is 9.99. The molecule has 1 rings (SSSR count). The number of halogens is 2. The molecule has 1 aromatic carbocycles. The smallest absolute Gasteiger partial charge is 0.129 e. The highest BCUT2D eigenvalue weighted by atomic mass is 79.9. The number of rotatable bonds is 4. The Hall–Kier alpha value is -0.450. The first-order chi connectivity index (χ1) is 7.07. The summed E-state index contributed by atoms with van der Waals surface area (Å²) in [6.07, 6.45) is 0.686. The van der Waals surface area contributed by atoms with Gasteiger partial charge in [0.15, 0.2) is 0 Å². The van der Waals surface area contributed by atoms with Gasteiger partial charge < -0.3 is 10.8 Å². The molecule has 0 aromatic heterocycles. The summed E-state index contributed by atoms with van der Waals surface area (Å²) >= 11 is 3.24. The van der Waals surface area contributed by atoms with Crippen molar-refractivity contribution in [2.24, 2.45) is 5.73 Å². The molecule has 0 bridgehead atoms. The lowest BCUT2D eigenvalue weighted by molar-refractivity contribution is 0.132. The maximum Gasteiger partial charge on any atom is 0.129 e. The van der Waals surface area contributed by atoms with Gasteiger partial charge in [-0.1, -0.05) is 35.3 Å². The molecular weight excluding hydrogens is 261 g/mol. The molecule has 0 spiro atoms. The Bertz CT molecular complexity index is 312. The maximum atomic E-state index is 13.5. The van der Waals surface area contributed by atoms with Gasteiger partial charge in [0.05, 0.1) is 12.1 Å². The second-order valence-electron chi connectivity index (χ2n) is 3.52. The molecule has 4 heteroatoms. The second kappa shape index (κ2) is 5.58. The largest absolute Gasteiger partial charge is 0.391 e. The molecule has 0 aliphatic heterocycles. The molecule has 84 valence electrons. The molecular formula is C11H15BrFNO. The summed E-state index contributed by atoms with van der Waals surface area (Å²) in [7, 11) is 0. The number of benzene rings is 1. The van der Waals surface area contributed by atoms with E-state index in [4.69, 9.17) is 5.73 Å². The molecule has 2 atom stereocenters. The Kier molecular flexibility index (Phi) is 4.70. The molecule has 0 radical (unpaired) electrons. The predicted molar refractivity (Wildman–Crippen MR) is 61.9 cm³/mol. The molecule has 15 heavy (non-hydrogen) atoms. The van der Waals surface area contributed by atoms with Gasteiger partial charge in [-0.25, -0.2) is 4.39 Å². The zero-order valence-corrected chi connectivity index (χ0v) is 10.2. The molecule has 0 saturated heterocycles. The van der Waals surface area contributed by atoms with Crippen molar-refractivity contribution < 1.29 is 9.50 Å². The van der Waals surface area contributed by atoms with Gasteiger partial charge in [-0.2, -0.15) is 0 Å². The fourth-order valence-electron chi connectivity index (χ4n) is 1.50. The van der Waals surface area contributed by atoms with Gasteiger partial charge >= 0.3 is 0 Å². The summed E-state index contributed by atoms with van der Waals surface area (Å²) in [6, 6.07) is 3.98. The van der Waals surface area contributed by atoms with Crippen molar-refractivity contribution in [2.75, 3.05) is 0 Å². The van der Waals surface area contributed by atoms with Gasteiger partial charge in [0, 0.05) is 10.0 Å². The van der Waals surface area contributed by atoms with Crippen LogP contribution in [-0.2, 0) is 0 Å². The second-order valence-corrected chi connectivity index (χ2v) is 4.37. The Morgan fingerprint density at radius 3 is 2.73 bits per heavy atom. The standard InChI is InChI=1S/C11H15BrFNO/c1-2-4-9(15)11(14)10-7(12)5-3-6-8(10)13/h3,5-6,9,11,15H,2,4,14H2,1H3/t9-,11-/m0/s1. The lowest BCUT2D eigenvalue weighted by Crippen LogP contribution is -2.27. The third-order valence-electron chi connectivity index (χ3n) is 2.33. The Morgan fingerprint density at radius 1 is 1.53 bits per heavy atom. The Balaban J connectivity index is 2.94. The maximum absolute atomic E-state index is 13.5. The quantitative estimate of drug-likeness (QED) is 0.888. The molecule has 0 amide bonds. The molecule has 0 unspecified atom stereocenters. The van der Waals surface area contributed by atoms with E-state index in [9.17, 15) is 9.50 Å². The van der Waals surface area contributed by atoms with Crippen LogP contribution in [0.2, 0.25) is 0 Å². The van der Waals surface area contributed by atoms with E-state index in [1.807, 2.05) is 6.92 Å². The summed E-state index contributed by atoms with van der Waals surface area (Å²) in [4.78, 5) is 0. The van der Waals surface area contributed by atoms with Crippen molar-refractivity contribution in [3.63, 3.8) is 0 Å². The van der Waals surface area contributed by atoms with Gasteiger partial charge in [0.2, 0.25) is 0 Å². The van der Waals surface area contributed by atoms with Crippen molar-refractivity contribution in [1.29, 1.82) is 0 Å². The summed E-state index contributed by atoms with van der Waals surface area (Å²) < 4.78 is 14.1. The van der Waals surface area contributed by atoms with Crippen LogP contribution in [0.1, 0.15) is 31.4 Å². The first-order valence-corrected chi connectivity index (χ1v) is 5.74. The van der Waals surface area contributed by atoms with E-state index >= 15 is 0 Å². The van der Waals surface area contributed by atoms with Crippen LogP contribution >= 0.6 is 15.9 Å². The van der Waals surface area contributed by atoms with Crippen molar-refractivity contribution in [2.45, 2.75) is 31.9 Å². The fourth-order valence-corrected chi connectivity index (χ4v) is 2.10. The zero-order valence-electron chi connectivity index (χ0n) is 8.58. The average molecular weight is 276 g/mol. The number of aliphatic hydroxyl groups is 1. The third kappa shape index (κ3) is 3.00. The van der Waals surface area contributed by atoms with E-state index in [-0.39, 0.29) is 5.82 Å². The highest BCUT2D eigenvalue weighted by molar-refractivity contribution is 9.10. The van der Waals surface area contributed by atoms with Crippen LogP contribution in [0, 0.1) is 5.82 Å². The van der Waals surface area contributed by atoms with Crippen molar-refractivity contribution >= 4 is 15.9 Å². The molecule has 0 aliphatic rings. The van der Waals surface area contributed by atoms with Crippen LogP contribution < -0.4 is 5.73 Å². The normalized spacial score (nSPS) is 15.0. The average Bonchev–Trinajstić information content (AvgIpc) is 2.17. The van der Waals surface area contributed by atoms with E-state index < -0.39 is 12.1 Å². The molecule has 0 heterocycles. The lowest BCUT2D eigenvalue weighted by Gasteiger charge is -2.20. The van der Waals surface area contributed by atoms with Crippen LogP contribution in [0.15, 0.2) is 22.7 Å². The highest BCUT2D eigenvalue weighted by Gasteiger charge is 2.21. The molecule has 2 nitrogen and oxygen atoms in total. The van der Waals surface area contributed by atoms with Gasteiger partial charge in [-0.15, -0.1) is 0 Å². The van der Waals surface area contributed by atoms with Crippen molar-refractivity contribution in [1.82, 2.24) is 0 Å². The van der Waals surface area contributed by atoms with Gasteiger partial charge in [0.25, 0.3) is 0 Å². The number of aliphatic hydroxyl groups excluding tert-OH is 1. The summed E-state index contributed by atoms with van der Waals surface area (Å²) in [5, 5.41) is 9.71. The van der Waals surface area contributed by atoms with E-state index in [2.05, 4.69) is 15.9 Å². The SMILES string of the molecule is CCC[C@H](O)[C@H](N)c1c(F)cccc1Br. The van der Waals surface area contributed by atoms with Crippen molar-refractivity contribution in [3.05, 3.63) is 34.1 Å². The minimum atomic E-state index is -0.705. The Labute approximate surface area is 97.4 Å². The number of nitrogens with two attached hydrogens (primary N) is 1.